The van der Waals surface area contributed by atoms with Crippen molar-refractivity contribution >= 4 is 23.2 Å². The van der Waals surface area contributed by atoms with Crippen molar-refractivity contribution in [1.82, 2.24) is 4.90 Å². The van der Waals surface area contributed by atoms with Crippen LogP contribution in [0.15, 0.2) is 48.5 Å². The van der Waals surface area contributed by atoms with Crippen LogP contribution in [0.4, 0.5) is 5.69 Å². The summed E-state index contributed by atoms with van der Waals surface area (Å²) >= 11 is 6.18. The van der Waals surface area contributed by atoms with E-state index < -0.39 is 0 Å². The Morgan fingerprint density at radius 2 is 1.96 bits per heavy atom. The van der Waals surface area contributed by atoms with Crippen molar-refractivity contribution in [2.45, 2.75) is 32.4 Å². The Bertz CT molecular complexity index is 829. The Morgan fingerprint density at radius 1 is 1.23 bits per heavy atom. The second-order valence-corrected chi connectivity index (χ2v) is 7.35. The van der Waals surface area contributed by atoms with Crippen LogP contribution in [0.2, 0.25) is 5.02 Å². The van der Waals surface area contributed by atoms with Gasteiger partial charge in [-0.15, -0.1) is 0 Å². The first kappa shape index (κ1) is 18.3. The highest BCUT2D eigenvalue weighted by atomic mass is 35.5. The van der Waals surface area contributed by atoms with Gasteiger partial charge in [-0.25, -0.2) is 0 Å². The number of nitrogens with one attached hydrogen (secondary N) is 1. The molecule has 26 heavy (non-hydrogen) atoms. The zero-order valence-electron chi connectivity index (χ0n) is 14.9. The van der Waals surface area contributed by atoms with E-state index in [1.54, 1.807) is 12.1 Å². The first-order valence-electron chi connectivity index (χ1n) is 8.80. The summed E-state index contributed by atoms with van der Waals surface area (Å²) in [4.78, 5) is 14.3. The van der Waals surface area contributed by atoms with Gasteiger partial charge in [-0.3, -0.25) is 4.79 Å². The van der Waals surface area contributed by atoms with Gasteiger partial charge in [0.1, 0.15) is 6.07 Å². The molecule has 1 fully saturated rings. The van der Waals surface area contributed by atoms with Crippen molar-refractivity contribution in [2.24, 2.45) is 5.92 Å². The number of halogens is 1. The van der Waals surface area contributed by atoms with Gasteiger partial charge in [0.2, 0.25) is 5.91 Å². The van der Waals surface area contributed by atoms with E-state index in [9.17, 15) is 4.79 Å². The number of likely N-dealkylation sites (tertiary alicyclic amines) is 1. The number of carbonyl (C=O) groups excluding carboxylic acids is 1. The SMILES string of the molecule is CC(C)N1C[C@@H](C(Nc2ccc(C#N)c(Cl)c2)c2ccccc2)CC1=O. The van der Waals surface area contributed by atoms with Gasteiger partial charge < -0.3 is 10.2 Å². The summed E-state index contributed by atoms with van der Waals surface area (Å²) in [6, 6.07) is 17.8. The normalized spacial score (nSPS) is 18.0. The molecule has 4 nitrogen and oxygen atoms in total. The fraction of sp³-hybridized carbons (Fsp3) is 0.333. The van der Waals surface area contributed by atoms with Gasteiger partial charge >= 0.3 is 0 Å². The highest BCUT2D eigenvalue weighted by Gasteiger charge is 2.36. The van der Waals surface area contributed by atoms with E-state index in [1.807, 2.05) is 43.0 Å². The molecule has 0 radical (unpaired) electrons. The van der Waals surface area contributed by atoms with Crippen molar-refractivity contribution < 1.29 is 4.79 Å². The minimum absolute atomic E-state index is 0.00657. The molecular formula is C21H22ClN3O. The van der Waals surface area contributed by atoms with Crippen LogP contribution in [-0.4, -0.2) is 23.4 Å². The average Bonchev–Trinajstić information content (AvgIpc) is 3.02. The lowest BCUT2D eigenvalue weighted by atomic mass is 9.91. The lowest BCUT2D eigenvalue weighted by Crippen LogP contribution is -2.33. The number of nitrogens with zero attached hydrogens (tertiary/aromatic N) is 2. The van der Waals surface area contributed by atoms with E-state index in [1.165, 1.54) is 0 Å². The van der Waals surface area contributed by atoms with Crippen LogP contribution in [-0.2, 0) is 4.79 Å². The molecule has 0 bridgehead atoms. The maximum absolute atomic E-state index is 12.4. The van der Waals surface area contributed by atoms with Crippen LogP contribution in [0.3, 0.4) is 0 Å². The molecule has 0 saturated carbocycles. The smallest absolute Gasteiger partial charge is 0.223 e. The van der Waals surface area contributed by atoms with Crippen LogP contribution < -0.4 is 5.32 Å². The fourth-order valence-corrected chi connectivity index (χ4v) is 3.71. The molecule has 1 heterocycles. The summed E-state index contributed by atoms with van der Waals surface area (Å²) in [6.07, 6.45) is 0.523. The first-order valence-corrected chi connectivity index (χ1v) is 9.18. The molecule has 2 aromatic carbocycles. The van der Waals surface area contributed by atoms with Gasteiger partial charge in [-0.05, 0) is 37.6 Å². The van der Waals surface area contributed by atoms with Crippen molar-refractivity contribution in [3.8, 4) is 6.07 Å². The third-order valence-electron chi connectivity index (χ3n) is 4.85. The number of benzene rings is 2. The average molecular weight is 368 g/mol. The van der Waals surface area contributed by atoms with Crippen molar-refractivity contribution in [1.29, 1.82) is 5.26 Å². The van der Waals surface area contributed by atoms with Crippen molar-refractivity contribution in [3.05, 3.63) is 64.7 Å². The summed E-state index contributed by atoms with van der Waals surface area (Å²) < 4.78 is 0. The zero-order valence-corrected chi connectivity index (χ0v) is 15.7. The lowest BCUT2D eigenvalue weighted by molar-refractivity contribution is -0.129. The molecule has 5 heteroatoms. The minimum atomic E-state index is -0.00657. The zero-order chi connectivity index (χ0) is 18.7. The highest BCUT2D eigenvalue weighted by molar-refractivity contribution is 6.32. The second kappa shape index (κ2) is 7.80. The molecule has 1 saturated heterocycles. The molecule has 1 amide bonds. The second-order valence-electron chi connectivity index (χ2n) is 6.94. The molecule has 3 rings (SSSR count). The van der Waals surface area contributed by atoms with Crippen molar-refractivity contribution in [3.63, 3.8) is 0 Å². The van der Waals surface area contributed by atoms with E-state index in [4.69, 9.17) is 16.9 Å². The number of hydrogen-bond acceptors (Lipinski definition) is 3. The van der Waals surface area contributed by atoms with Gasteiger partial charge in [-0.2, -0.15) is 5.26 Å². The van der Waals surface area contributed by atoms with Crippen molar-refractivity contribution in [2.75, 3.05) is 11.9 Å². The maximum atomic E-state index is 12.4. The predicted octanol–water partition coefficient (Wildman–Crippen LogP) is 4.62. The summed E-state index contributed by atoms with van der Waals surface area (Å²) in [5.74, 6) is 0.368. The number of nitriles is 1. The lowest BCUT2D eigenvalue weighted by Gasteiger charge is -2.27. The molecule has 1 aliphatic rings. The third kappa shape index (κ3) is 3.84. The van der Waals surface area contributed by atoms with E-state index in [0.29, 0.717) is 17.0 Å². The molecule has 0 spiro atoms. The number of hydrogen-bond donors (Lipinski definition) is 1. The fourth-order valence-electron chi connectivity index (χ4n) is 3.49. The molecule has 1 aliphatic heterocycles. The third-order valence-corrected chi connectivity index (χ3v) is 5.17. The van der Waals surface area contributed by atoms with E-state index in [0.717, 1.165) is 17.8 Å². The molecule has 2 aromatic rings. The summed E-state index contributed by atoms with van der Waals surface area (Å²) in [5.41, 5.74) is 2.44. The number of carbonyl (C=O) groups is 1. The molecular weight excluding hydrogens is 346 g/mol. The predicted molar refractivity (Wildman–Crippen MR) is 104 cm³/mol. The number of anilines is 1. The Labute approximate surface area is 159 Å². The molecule has 2 atom stereocenters. The van der Waals surface area contributed by atoms with Crippen LogP contribution in [0, 0.1) is 17.2 Å². The molecule has 0 aromatic heterocycles. The van der Waals surface area contributed by atoms with Crippen LogP contribution >= 0.6 is 11.6 Å². The Hall–Kier alpha value is -2.51. The first-order chi connectivity index (χ1) is 12.5. The quantitative estimate of drug-likeness (QED) is 0.838. The highest BCUT2D eigenvalue weighted by Crippen LogP contribution is 2.35. The maximum Gasteiger partial charge on any atom is 0.223 e. The number of amides is 1. The minimum Gasteiger partial charge on any atom is -0.378 e. The van der Waals surface area contributed by atoms with Gasteiger partial charge in [0.05, 0.1) is 16.6 Å². The molecule has 134 valence electrons. The Balaban J connectivity index is 1.89. The van der Waals surface area contributed by atoms with E-state index in [-0.39, 0.29) is 23.9 Å². The summed E-state index contributed by atoms with van der Waals surface area (Å²) in [7, 11) is 0. The molecule has 1 N–H and O–H groups in total. The van der Waals surface area contributed by atoms with Gasteiger partial charge in [0.25, 0.3) is 0 Å². The van der Waals surface area contributed by atoms with E-state index >= 15 is 0 Å². The Morgan fingerprint density at radius 3 is 2.54 bits per heavy atom. The standard InChI is InChI=1S/C21H22ClN3O/c1-14(2)25-13-17(10-20(25)26)21(15-6-4-3-5-7-15)24-18-9-8-16(12-23)19(22)11-18/h3-9,11,14,17,21,24H,10,13H2,1-2H3/t17-,21?/m0/s1. The number of rotatable bonds is 5. The Kier molecular flexibility index (Phi) is 5.49. The monoisotopic (exact) mass is 367 g/mol. The van der Waals surface area contributed by atoms with Gasteiger partial charge in [-0.1, -0.05) is 41.9 Å². The summed E-state index contributed by atoms with van der Waals surface area (Å²) in [5, 5.41) is 13.0. The topological polar surface area (TPSA) is 56.1 Å². The van der Waals surface area contributed by atoms with Crippen LogP contribution in [0.5, 0.6) is 0 Å². The molecule has 0 aliphatic carbocycles. The van der Waals surface area contributed by atoms with Crippen LogP contribution in [0.1, 0.15) is 37.4 Å². The van der Waals surface area contributed by atoms with Crippen LogP contribution in [0.25, 0.3) is 0 Å². The van der Waals surface area contributed by atoms with E-state index in [2.05, 4.69) is 23.5 Å². The summed E-state index contributed by atoms with van der Waals surface area (Å²) in [6.45, 7) is 4.82. The molecule has 1 unspecified atom stereocenters. The van der Waals surface area contributed by atoms with Gasteiger partial charge in [0.15, 0.2) is 0 Å². The van der Waals surface area contributed by atoms with Gasteiger partial charge in [0, 0.05) is 30.6 Å². The largest absolute Gasteiger partial charge is 0.378 e.